The summed E-state index contributed by atoms with van der Waals surface area (Å²) in [4.78, 5) is 96.0. The van der Waals surface area contributed by atoms with Crippen LogP contribution < -0.4 is 38.9 Å². The molecular formula is C77H74BBr8N18O14S8. The number of nitriles is 1. The third-order valence-electron chi connectivity index (χ3n) is 14.5. The Hall–Kier alpha value is -8.14. The number of anilines is 7. The zero-order chi connectivity index (χ0) is 93.6. The second kappa shape index (κ2) is 48.0. The van der Waals surface area contributed by atoms with Gasteiger partial charge in [-0.1, -0.05) is 95.3 Å². The first-order chi connectivity index (χ1) is 59.1. The molecule has 0 saturated carbocycles. The number of aliphatic hydroxyl groups is 2. The molecule has 3 amide bonds. The predicted molar refractivity (Wildman–Crippen MR) is 538 cm³/mol. The molecule has 8 heterocycles. The molecule has 1 radical (unpaired) electrons. The number of esters is 1. The number of hydrogen-bond acceptors (Lipinski definition) is 34. The van der Waals surface area contributed by atoms with Crippen LogP contribution in [0.15, 0.2) is 139 Å². The Morgan fingerprint density at radius 3 is 1.10 bits per heavy atom. The van der Waals surface area contributed by atoms with Crippen molar-refractivity contribution in [2.45, 2.75) is 111 Å². The van der Waals surface area contributed by atoms with Crippen LogP contribution in [0.5, 0.6) is 0 Å². The first kappa shape index (κ1) is 105. The zero-order valence-corrected chi connectivity index (χ0v) is 86.9. The number of nitrogens with two attached hydrogens (primary N) is 4. The molecule has 15 aromatic rings. The molecule has 8 aromatic heterocycles. The molecule has 49 heteroatoms. The first-order valence-electron chi connectivity index (χ1n) is 35.5. The van der Waals surface area contributed by atoms with Crippen molar-refractivity contribution >= 4 is 371 Å². The van der Waals surface area contributed by atoms with Crippen LogP contribution in [0.4, 0.5) is 50.3 Å². The number of aliphatic hydroxyl groups excluding tert-OH is 2. The second-order valence-electron chi connectivity index (χ2n) is 28.0. The topological polar surface area (TPSA) is 505 Å². The number of nitrogen functional groups attached to an aromatic ring is 4. The number of nitrogens with one attached hydrogen (secondary N) is 3. The molecule has 0 atom stereocenters. The molecule has 7 aromatic carbocycles. The van der Waals surface area contributed by atoms with Gasteiger partial charge in [0, 0.05) is 56.0 Å². The van der Waals surface area contributed by atoms with Gasteiger partial charge in [-0.3, -0.25) is 25.4 Å². The molecule has 0 aliphatic heterocycles. The number of aliphatic carboxylic acids is 1. The number of halogens is 8. The maximum atomic E-state index is 11.9. The zero-order valence-electron chi connectivity index (χ0n) is 67.6. The number of nitrogens with zero attached hydrogens (tertiary/aromatic N) is 11. The number of carboxylic acids is 2. The predicted octanol–water partition coefficient (Wildman–Crippen LogP) is 23.5. The van der Waals surface area contributed by atoms with Crippen LogP contribution in [0.3, 0.4) is 0 Å². The van der Waals surface area contributed by atoms with E-state index < -0.39 is 47.0 Å². The van der Waals surface area contributed by atoms with E-state index in [1.165, 1.54) is 92.5 Å². The van der Waals surface area contributed by atoms with E-state index in [-0.39, 0.29) is 24.7 Å². The molecule has 126 heavy (non-hydrogen) atoms. The molecule has 663 valence electrons. The van der Waals surface area contributed by atoms with Crippen LogP contribution >= 0.6 is 220 Å². The number of carboxylic acid groups (broad SMARTS) is 2. The van der Waals surface area contributed by atoms with E-state index in [9.17, 15) is 29.1 Å². The number of carbonyl (C=O) groups excluding carboxylic acids is 4. The summed E-state index contributed by atoms with van der Waals surface area (Å²) in [5.41, 5.74) is 31.4. The Bertz CT molecular complexity index is 6370. The summed E-state index contributed by atoms with van der Waals surface area (Å²) >= 11 is 40.0. The van der Waals surface area contributed by atoms with Crippen LogP contribution in [0.2, 0.25) is 0 Å². The van der Waals surface area contributed by atoms with Gasteiger partial charge in [-0.25, -0.2) is 58.9 Å². The van der Waals surface area contributed by atoms with Crippen molar-refractivity contribution in [1.82, 2.24) is 44.7 Å². The number of aromatic nitrogens is 9. The average Bonchev–Trinajstić information content (AvgIpc) is 1.69. The number of alkyl halides is 1. The summed E-state index contributed by atoms with van der Waals surface area (Å²) in [6.07, 6.45) is 2.14. The molecule has 0 aliphatic carbocycles. The number of ether oxygens (including phenoxy) is 4. The minimum absolute atomic E-state index is 0.0341. The molecular weight excluding hydrogens is 2310 g/mol. The molecule has 0 fully saturated rings. The molecule has 0 aliphatic rings. The van der Waals surface area contributed by atoms with Crippen molar-refractivity contribution in [3.05, 3.63) is 174 Å². The molecule has 32 nitrogen and oxygen atoms in total. The van der Waals surface area contributed by atoms with Gasteiger partial charge in [-0.05, 0) is 287 Å². The summed E-state index contributed by atoms with van der Waals surface area (Å²) in [6.45, 7) is 18.1. The number of thiazole rings is 7. The van der Waals surface area contributed by atoms with Gasteiger partial charge < -0.3 is 62.3 Å². The molecule has 0 unspecified atom stereocenters. The Kier molecular flexibility index (Phi) is 39.9. The molecule has 15 rings (SSSR count). The van der Waals surface area contributed by atoms with E-state index in [1.807, 2.05) is 94.9 Å². The van der Waals surface area contributed by atoms with Crippen molar-refractivity contribution in [1.29, 1.82) is 5.26 Å². The van der Waals surface area contributed by atoms with E-state index in [0.717, 1.165) is 127 Å². The SMILES string of the molecule is CC(=O)O.CC(C)(C)OC(=O)Nc1nc2c(Br)cc(CBr)cc2s1.CC(C)(C)OC(=O)Nc1nc2c(Br)cc(CO)cc2s1.CC(C)(C)OC(=O)Nc1nc2c(Br)cc(Cn3cccn3)cc2s1.COC(=O)c1cc(Br)c2nc(N)sc2c1.N#Cc1cc(Br)c2nc(N)sc2c1.Nc1nc2c(Br)cc(C(=O)O)cc2s1.Nc1nc2c(Br)cc(CO)cc2s1.[B]=NS. The van der Waals surface area contributed by atoms with Crippen molar-refractivity contribution < 1.29 is 68.1 Å². The Morgan fingerprint density at radius 2 is 0.778 bits per heavy atom. The van der Waals surface area contributed by atoms with E-state index in [4.69, 9.17) is 62.5 Å². The van der Waals surface area contributed by atoms with Gasteiger partial charge >= 0.3 is 55.0 Å². The quantitative estimate of drug-likeness (QED) is 0.0199. The number of rotatable bonds is 10. The van der Waals surface area contributed by atoms with Crippen LogP contribution in [0, 0.1) is 11.3 Å². The van der Waals surface area contributed by atoms with Crippen LogP contribution in [0.25, 0.3) is 71.5 Å². The van der Waals surface area contributed by atoms with E-state index in [1.54, 1.807) is 63.4 Å². The molecule has 0 saturated heterocycles. The number of fused-ring (bicyclic) bond motifs is 7. The number of benzene rings is 7. The van der Waals surface area contributed by atoms with Gasteiger partial charge in [0.2, 0.25) is 0 Å². The van der Waals surface area contributed by atoms with Crippen molar-refractivity contribution in [3.8, 4) is 6.07 Å². The number of carbonyl (C=O) groups is 6. The Balaban J connectivity index is 0.000000201. The van der Waals surface area contributed by atoms with Crippen molar-refractivity contribution in [3.63, 3.8) is 0 Å². The fourth-order valence-corrected chi connectivity index (χ4v) is 21.2. The third kappa shape index (κ3) is 32.8. The number of thiol groups is 1. The fraction of sp³-hybridized carbons (Fsp3) is 0.234. The Morgan fingerprint density at radius 1 is 0.484 bits per heavy atom. The third-order valence-corrected chi connectivity index (χ3v) is 25.4. The normalized spacial score (nSPS) is 10.8. The summed E-state index contributed by atoms with van der Waals surface area (Å²) in [6, 6.07) is 29.5. The number of amides is 3. The van der Waals surface area contributed by atoms with Crippen LogP contribution in [0.1, 0.15) is 118 Å². The number of aromatic carboxylic acids is 1. The van der Waals surface area contributed by atoms with Crippen LogP contribution in [-0.2, 0) is 48.8 Å². The van der Waals surface area contributed by atoms with Gasteiger partial charge in [0.1, 0.15) is 16.8 Å². The van der Waals surface area contributed by atoms with E-state index in [2.05, 4.69) is 225 Å². The number of hydrogen-bond donors (Lipinski definition) is 12. The van der Waals surface area contributed by atoms with Gasteiger partial charge in [0.15, 0.2) is 35.9 Å². The first-order valence-corrected chi connectivity index (χ1v) is 48.3. The summed E-state index contributed by atoms with van der Waals surface area (Å²) in [5, 5.41) is 59.5. The second-order valence-corrected chi connectivity index (χ2v) is 42.1. The van der Waals surface area contributed by atoms with Gasteiger partial charge in [-0.2, -0.15) is 10.4 Å². The van der Waals surface area contributed by atoms with Crippen molar-refractivity contribution in [2.24, 2.45) is 4.30 Å². The van der Waals surface area contributed by atoms with Gasteiger partial charge in [0.05, 0.1) is 121 Å². The summed E-state index contributed by atoms with van der Waals surface area (Å²) in [7, 11) is 5.69. The average molecular weight is 2380 g/mol. The molecule has 0 bridgehead atoms. The Labute approximate surface area is 821 Å². The minimum atomic E-state index is -0.959. The van der Waals surface area contributed by atoms with Crippen LogP contribution in [-0.4, -0.2) is 133 Å². The maximum absolute atomic E-state index is 11.9. The molecule has 15 N–H and O–H groups in total. The summed E-state index contributed by atoms with van der Waals surface area (Å²) < 4.78 is 37.0. The van der Waals surface area contributed by atoms with Crippen molar-refractivity contribution in [2.75, 3.05) is 46.0 Å². The van der Waals surface area contributed by atoms with E-state index in [0.29, 0.717) is 63.6 Å². The van der Waals surface area contributed by atoms with Gasteiger partial charge in [-0.15, -0.1) is 0 Å². The number of methoxy groups -OCH3 is 1. The summed E-state index contributed by atoms with van der Waals surface area (Å²) in [5.74, 6) is -2.16. The van der Waals surface area contributed by atoms with E-state index >= 15 is 0 Å². The standard InChI is InChI=1S/C16H17BrN4O2S.C13H14Br2N2O2S.C13H15BrN2O3S.C9H7BrN2O2S.C8H4BrN3S.C8H5BrN2O2S.C8H7BrN2OS.C2H4O2.BHNS/c1-16(2,3)23-15(22)20-14-19-13-11(17)7-10(8-12(13)24-14)9-21-6-4-5-18-21;1-13(2,3)19-12(18)17-11-16-10-8(15)4-7(6-14)5-9(10)20-11;1-13(2,3)19-12(18)16-11-15-10-8(14)4-7(6-17)5-9(10)20-11;1-14-8(13)4-2-5(10)7-6(3-4)15-9(11)12-7;9-5-1-4(3-10)2-6-7(5)12-8(11)13-6;9-4-1-3(7(12)13)2-5-6(4)11-8(10)14-5;9-5-1-4(3-12)2-6-7(5)11-8(10)13-6;1-2(3)4;1-2-3/h4-8H,9H2,1-3H3,(H,19,20,22);4-5H,6H2,1-3H3,(H,16,17,18);4-5,17H,6H2,1-3H3,(H,15,16,18);2-3H,1H3,(H2,11,12);1-2H,(H2,11,12);1-2H,(H2,10,11)(H,12,13);1-2,12H,3H2,(H2,10,11);1H3,(H,3,4);3H. The fourth-order valence-electron chi connectivity index (χ4n) is 9.89. The molecule has 0 spiro atoms. The van der Waals surface area contributed by atoms with Gasteiger partial charge in [0.25, 0.3) is 5.97 Å². The monoisotopic (exact) mass is 2370 g/mol.